The molecule has 19 heteroatoms. The van der Waals surface area contributed by atoms with E-state index < -0.39 is 97.5 Å². The number of aliphatic hydroxyl groups excluding tert-OH is 1. The number of phosphoric acid groups is 2. The van der Waals surface area contributed by atoms with Gasteiger partial charge in [0, 0.05) is 25.7 Å². The molecule has 6 unspecified atom stereocenters. The zero-order valence-corrected chi connectivity index (χ0v) is 61.3. The SMILES string of the molecule is CCC(C)CCCCCCCCCCCCCCCCC(=O)OC[C@H](COP(=O)(O)OCC(O)COP(=O)(O)OC[C@@H](COC(=O)CCCCCCCCCCC(C)C)OC(=O)CCCCCCCCC(C)CC)OC(=O)CCCCCCCCCCC(C)CC. The summed E-state index contributed by atoms with van der Waals surface area (Å²) in [4.78, 5) is 72.6. The van der Waals surface area contributed by atoms with Crippen molar-refractivity contribution in [3.8, 4) is 0 Å². The molecule has 0 bridgehead atoms. The zero-order chi connectivity index (χ0) is 67.5. The van der Waals surface area contributed by atoms with Crippen molar-refractivity contribution in [1.82, 2.24) is 0 Å². The molecule has 0 amide bonds. The van der Waals surface area contributed by atoms with E-state index in [9.17, 15) is 43.2 Å². The Hall–Kier alpha value is -1.94. The smallest absolute Gasteiger partial charge is 0.462 e. The standard InChI is InChI=1S/C72H140O17P2/c1-9-63(6)49-41-33-25-18-16-14-12-13-15-17-19-27-36-44-52-69(74)82-58-67(88-71(76)54-46-38-29-23-21-26-34-42-50-64(7)10-2)60-86-90(78,79)84-56-66(73)57-85-91(80,81)87-61-68(89-72(77)55-47-39-31-30-35-43-51-65(8)11-3)59-83-70(75)53-45-37-28-22-20-24-32-40-48-62(4)5/h62-68,73H,9-61H2,1-8H3,(H,78,79)(H,80,81)/t63?,64?,65?,66?,67-,68-/m1/s1. The second-order valence-corrected chi connectivity index (χ2v) is 30.1. The Kier molecular flexibility index (Phi) is 60.3. The predicted octanol–water partition coefficient (Wildman–Crippen LogP) is 20.5. The van der Waals surface area contributed by atoms with Gasteiger partial charge < -0.3 is 33.8 Å². The summed E-state index contributed by atoms with van der Waals surface area (Å²) in [7, 11) is -9.91. The highest BCUT2D eigenvalue weighted by Crippen LogP contribution is 2.45. The van der Waals surface area contributed by atoms with Crippen LogP contribution in [0.4, 0.5) is 0 Å². The quantitative estimate of drug-likeness (QED) is 0.0222. The molecular weight excluding hydrogens is 1200 g/mol. The summed E-state index contributed by atoms with van der Waals surface area (Å²) in [6.45, 7) is 14.1. The maximum atomic E-state index is 13.0. The number of aliphatic hydroxyl groups is 1. The Bertz CT molecular complexity index is 1800. The summed E-state index contributed by atoms with van der Waals surface area (Å²) < 4.78 is 68.3. The number of phosphoric ester groups is 2. The van der Waals surface area contributed by atoms with Crippen LogP contribution in [0.25, 0.3) is 0 Å². The minimum Gasteiger partial charge on any atom is -0.462 e. The van der Waals surface area contributed by atoms with Gasteiger partial charge in [-0.1, -0.05) is 306 Å². The maximum absolute atomic E-state index is 13.0. The highest BCUT2D eigenvalue weighted by molar-refractivity contribution is 7.47. The second kappa shape index (κ2) is 61.6. The molecule has 91 heavy (non-hydrogen) atoms. The minimum atomic E-state index is -4.95. The van der Waals surface area contributed by atoms with Crippen molar-refractivity contribution in [2.24, 2.45) is 23.7 Å². The summed E-state index contributed by atoms with van der Waals surface area (Å²) in [6, 6.07) is 0. The van der Waals surface area contributed by atoms with Crippen molar-refractivity contribution in [2.75, 3.05) is 39.6 Å². The molecule has 0 aliphatic carbocycles. The van der Waals surface area contributed by atoms with Gasteiger partial charge in [-0.25, -0.2) is 9.13 Å². The summed E-state index contributed by atoms with van der Waals surface area (Å²) in [5, 5.41) is 10.6. The van der Waals surface area contributed by atoms with E-state index in [4.69, 9.17) is 37.0 Å². The summed E-state index contributed by atoms with van der Waals surface area (Å²) in [6.07, 6.45) is 44.4. The van der Waals surface area contributed by atoms with Crippen LogP contribution in [0.1, 0.15) is 357 Å². The summed E-state index contributed by atoms with van der Waals surface area (Å²) in [5.41, 5.74) is 0. The Balaban J connectivity index is 5.22. The number of esters is 4. The van der Waals surface area contributed by atoms with Crippen LogP contribution in [-0.4, -0.2) is 96.7 Å². The largest absolute Gasteiger partial charge is 0.472 e. The first-order chi connectivity index (χ1) is 43.7. The van der Waals surface area contributed by atoms with Gasteiger partial charge in [0.15, 0.2) is 12.2 Å². The van der Waals surface area contributed by atoms with Crippen LogP contribution < -0.4 is 0 Å². The molecule has 8 atom stereocenters. The maximum Gasteiger partial charge on any atom is 0.472 e. The molecule has 0 heterocycles. The topological polar surface area (TPSA) is 237 Å². The number of carbonyl (C=O) groups is 4. The number of unbranched alkanes of at least 4 members (excludes halogenated alkanes) is 32. The molecule has 0 radical (unpaired) electrons. The van der Waals surface area contributed by atoms with Crippen molar-refractivity contribution in [3.63, 3.8) is 0 Å². The van der Waals surface area contributed by atoms with Crippen molar-refractivity contribution in [1.29, 1.82) is 0 Å². The third-order valence-corrected chi connectivity index (χ3v) is 19.6. The first kappa shape index (κ1) is 89.1. The summed E-state index contributed by atoms with van der Waals surface area (Å²) in [5.74, 6) is 0.935. The van der Waals surface area contributed by atoms with Gasteiger partial charge in [-0.05, 0) is 49.4 Å². The molecule has 17 nitrogen and oxygen atoms in total. The third-order valence-electron chi connectivity index (χ3n) is 17.7. The van der Waals surface area contributed by atoms with E-state index >= 15 is 0 Å². The molecule has 0 rings (SSSR count). The van der Waals surface area contributed by atoms with Crippen molar-refractivity contribution < 1.29 is 80.2 Å². The summed E-state index contributed by atoms with van der Waals surface area (Å²) >= 11 is 0. The van der Waals surface area contributed by atoms with Crippen molar-refractivity contribution in [3.05, 3.63) is 0 Å². The van der Waals surface area contributed by atoms with Gasteiger partial charge in [-0.2, -0.15) is 0 Å². The molecule has 0 spiro atoms. The van der Waals surface area contributed by atoms with Crippen LogP contribution in [0.3, 0.4) is 0 Å². The lowest BCUT2D eigenvalue weighted by molar-refractivity contribution is -0.161. The van der Waals surface area contributed by atoms with Crippen molar-refractivity contribution >= 4 is 39.5 Å². The number of hydrogen-bond donors (Lipinski definition) is 3. The lowest BCUT2D eigenvalue weighted by atomic mass is 9.99. The molecule has 0 aromatic rings. The van der Waals surface area contributed by atoms with Gasteiger partial charge >= 0.3 is 39.5 Å². The highest BCUT2D eigenvalue weighted by atomic mass is 31.2. The molecule has 0 saturated carbocycles. The van der Waals surface area contributed by atoms with Crippen LogP contribution >= 0.6 is 15.6 Å². The Morgan fingerprint density at radius 3 is 0.780 bits per heavy atom. The van der Waals surface area contributed by atoms with E-state index in [1.807, 2.05) is 0 Å². The average molecular weight is 1340 g/mol. The first-order valence-electron chi connectivity index (χ1n) is 37.3. The van der Waals surface area contributed by atoms with Gasteiger partial charge in [0.2, 0.25) is 0 Å². The zero-order valence-electron chi connectivity index (χ0n) is 59.5. The number of rotatable bonds is 69. The van der Waals surface area contributed by atoms with Crippen LogP contribution in [0.15, 0.2) is 0 Å². The molecule has 0 aromatic heterocycles. The van der Waals surface area contributed by atoms with E-state index in [0.717, 1.165) is 114 Å². The Labute approximate surface area is 556 Å². The fourth-order valence-electron chi connectivity index (χ4n) is 10.7. The van der Waals surface area contributed by atoms with Crippen molar-refractivity contribution in [2.45, 2.75) is 375 Å². The minimum absolute atomic E-state index is 0.102. The number of hydrogen-bond acceptors (Lipinski definition) is 15. The van der Waals surface area contributed by atoms with Crippen LogP contribution in [0.2, 0.25) is 0 Å². The fourth-order valence-corrected chi connectivity index (χ4v) is 12.3. The van der Waals surface area contributed by atoms with E-state index in [1.54, 1.807) is 0 Å². The molecule has 540 valence electrons. The normalized spacial score (nSPS) is 15.1. The van der Waals surface area contributed by atoms with Crippen LogP contribution in [0.5, 0.6) is 0 Å². The Morgan fingerprint density at radius 2 is 0.527 bits per heavy atom. The molecule has 0 fully saturated rings. The van der Waals surface area contributed by atoms with Crippen LogP contribution in [-0.2, 0) is 65.4 Å². The molecule has 3 N–H and O–H groups in total. The van der Waals surface area contributed by atoms with Gasteiger partial charge in [0.25, 0.3) is 0 Å². The molecular formula is C72H140O17P2. The number of carbonyl (C=O) groups excluding carboxylic acids is 4. The lowest BCUT2D eigenvalue weighted by Crippen LogP contribution is -2.30. The van der Waals surface area contributed by atoms with Gasteiger partial charge in [-0.3, -0.25) is 37.3 Å². The first-order valence-corrected chi connectivity index (χ1v) is 40.3. The molecule has 0 saturated heterocycles. The lowest BCUT2D eigenvalue weighted by Gasteiger charge is -2.21. The highest BCUT2D eigenvalue weighted by Gasteiger charge is 2.30. The molecule has 0 aromatic carbocycles. The van der Waals surface area contributed by atoms with E-state index in [0.29, 0.717) is 25.7 Å². The third kappa shape index (κ3) is 62.6. The molecule has 0 aliphatic rings. The second-order valence-electron chi connectivity index (χ2n) is 27.2. The Morgan fingerprint density at radius 1 is 0.308 bits per heavy atom. The average Bonchev–Trinajstić information content (AvgIpc) is 3.73. The van der Waals surface area contributed by atoms with Crippen LogP contribution in [0, 0.1) is 23.7 Å². The van der Waals surface area contributed by atoms with Gasteiger partial charge in [0.1, 0.15) is 19.3 Å². The number of ether oxygens (including phenoxy) is 4. The van der Waals surface area contributed by atoms with Gasteiger partial charge in [-0.15, -0.1) is 0 Å². The monoisotopic (exact) mass is 1340 g/mol. The van der Waals surface area contributed by atoms with E-state index in [1.165, 1.54) is 161 Å². The molecule has 0 aliphatic heterocycles. The van der Waals surface area contributed by atoms with E-state index in [-0.39, 0.29) is 25.7 Å². The fraction of sp³-hybridized carbons (Fsp3) is 0.944. The van der Waals surface area contributed by atoms with Gasteiger partial charge in [0.05, 0.1) is 26.4 Å². The van der Waals surface area contributed by atoms with E-state index in [2.05, 4.69) is 55.4 Å². The predicted molar refractivity (Wildman–Crippen MR) is 367 cm³/mol.